The van der Waals surface area contributed by atoms with Gasteiger partial charge < -0.3 is 33.2 Å². The molecule has 3 aromatic carbocycles. The Hall–Kier alpha value is -5.23. The first-order valence-electron chi connectivity index (χ1n) is 14.5. The highest BCUT2D eigenvalue weighted by Crippen LogP contribution is 2.38. The van der Waals surface area contributed by atoms with Crippen molar-refractivity contribution in [3.8, 4) is 34.5 Å². The highest BCUT2D eigenvalue weighted by molar-refractivity contribution is 7.07. The van der Waals surface area contributed by atoms with Crippen molar-refractivity contribution in [1.29, 1.82) is 0 Å². The largest absolute Gasteiger partial charge is 0.497 e. The summed E-state index contributed by atoms with van der Waals surface area (Å²) < 4.78 is 41.0. The highest BCUT2D eigenvalue weighted by atomic mass is 32.1. The molecule has 0 fully saturated rings. The van der Waals surface area contributed by atoms with E-state index in [1.54, 1.807) is 64.5 Å². The number of nitrogens with zero attached hydrogens (tertiary/aromatic N) is 2. The van der Waals surface area contributed by atoms with E-state index in [0.717, 1.165) is 11.1 Å². The van der Waals surface area contributed by atoms with E-state index < -0.39 is 12.0 Å². The minimum absolute atomic E-state index is 0.167. The molecule has 11 nitrogen and oxygen atoms in total. The Morgan fingerprint density at radius 3 is 2.52 bits per heavy atom. The molecule has 2 aliphatic heterocycles. The van der Waals surface area contributed by atoms with Gasteiger partial charge in [-0.25, -0.2) is 9.79 Å². The van der Waals surface area contributed by atoms with Gasteiger partial charge in [-0.15, -0.1) is 0 Å². The molecule has 238 valence electrons. The van der Waals surface area contributed by atoms with Crippen molar-refractivity contribution < 1.29 is 38.0 Å². The minimum atomic E-state index is -0.857. The van der Waals surface area contributed by atoms with Gasteiger partial charge in [0, 0.05) is 5.56 Å². The third kappa shape index (κ3) is 5.79. The molecule has 1 aromatic heterocycles. The van der Waals surface area contributed by atoms with Crippen LogP contribution in [0.2, 0.25) is 0 Å². The van der Waals surface area contributed by atoms with E-state index in [1.807, 2.05) is 24.3 Å². The molecule has 0 N–H and O–H groups in total. The summed E-state index contributed by atoms with van der Waals surface area (Å²) in [5.74, 6) is 2.90. The second-order valence-corrected chi connectivity index (χ2v) is 11.3. The molecule has 6 rings (SSSR count). The van der Waals surface area contributed by atoms with E-state index in [9.17, 15) is 9.59 Å². The number of aromatic nitrogens is 1. The number of carbonyl (C=O) groups is 1. The number of ether oxygens (including phenoxy) is 7. The van der Waals surface area contributed by atoms with Crippen molar-refractivity contribution in [2.24, 2.45) is 4.99 Å². The number of hydrogen-bond donors (Lipinski definition) is 0. The molecule has 1 atom stereocenters. The first-order valence-corrected chi connectivity index (χ1v) is 15.3. The molecule has 0 spiro atoms. The van der Waals surface area contributed by atoms with Crippen LogP contribution >= 0.6 is 11.3 Å². The van der Waals surface area contributed by atoms with E-state index in [2.05, 4.69) is 4.99 Å². The number of fused-ring (bicyclic) bond motifs is 2. The predicted molar refractivity (Wildman–Crippen MR) is 170 cm³/mol. The van der Waals surface area contributed by atoms with Crippen LogP contribution in [-0.2, 0) is 16.1 Å². The molecule has 0 saturated carbocycles. The van der Waals surface area contributed by atoms with Crippen molar-refractivity contribution in [2.45, 2.75) is 26.5 Å². The Labute approximate surface area is 268 Å². The summed E-state index contributed by atoms with van der Waals surface area (Å²) in [7, 11) is 4.64. The van der Waals surface area contributed by atoms with Gasteiger partial charge in [-0.3, -0.25) is 9.36 Å². The number of methoxy groups -OCH3 is 3. The summed E-state index contributed by atoms with van der Waals surface area (Å²) in [6, 6.07) is 15.5. The van der Waals surface area contributed by atoms with Crippen molar-refractivity contribution in [1.82, 2.24) is 4.57 Å². The third-order valence-corrected chi connectivity index (χ3v) is 8.55. The molecule has 46 heavy (non-hydrogen) atoms. The monoisotopic (exact) mass is 644 g/mol. The van der Waals surface area contributed by atoms with E-state index in [4.69, 9.17) is 33.2 Å². The minimum Gasteiger partial charge on any atom is -0.497 e. The molecule has 0 amide bonds. The fourth-order valence-electron chi connectivity index (χ4n) is 5.38. The number of carbonyl (C=O) groups excluding carboxylic acids is 1. The van der Waals surface area contributed by atoms with Crippen LogP contribution in [0.3, 0.4) is 0 Å². The van der Waals surface area contributed by atoms with Crippen molar-refractivity contribution >= 4 is 23.4 Å². The molecule has 0 radical (unpaired) electrons. The highest BCUT2D eigenvalue weighted by Gasteiger charge is 2.35. The first kappa shape index (κ1) is 30.8. The van der Waals surface area contributed by atoms with Crippen molar-refractivity contribution in [2.75, 3.05) is 34.7 Å². The number of thiazole rings is 1. The number of benzene rings is 3. The maximum Gasteiger partial charge on any atom is 0.338 e. The summed E-state index contributed by atoms with van der Waals surface area (Å²) in [4.78, 5) is 32.5. The molecule has 0 saturated heterocycles. The summed E-state index contributed by atoms with van der Waals surface area (Å²) in [5.41, 5.74) is 2.57. The summed E-state index contributed by atoms with van der Waals surface area (Å²) >= 11 is 1.22. The Morgan fingerprint density at radius 1 is 0.978 bits per heavy atom. The van der Waals surface area contributed by atoms with E-state index >= 15 is 0 Å². The Morgan fingerprint density at radius 2 is 1.76 bits per heavy atom. The lowest BCUT2D eigenvalue weighted by molar-refractivity contribution is -0.139. The zero-order valence-corrected chi connectivity index (χ0v) is 26.8. The lowest BCUT2D eigenvalue weighted by Crippen LogP contribution is -2.40. The van der Waals surface area contributed by atoms with Crippen molar-refractivity contribution in [3.63, 3.8) is 0 Å². The molecule has 2 aliphatic rings. The van der Waals surface area contributed by atoms with Crippen LogP contribution < -0.4 is 43.3 Å². The lowest BCUT2D eigenvalue weighted by atomic mass is 9.94. The van der Waals surface area contributed by atoms with Crippen LogP contribution in [0.25, 0.3) is 6.08 Å². The van der Waals surface area contributed by atoms with Gasteiger partial charge in [0.05, 0.1) is 43.7 Å². The normalized spacial score (nSPS) is 15.2. The van der Waals surface area contributed by atoms with Gasteiger partial charge in [-0.05, 0) is 73.5 Å². The van der Waals surface area contributed by atoms with Crippen LogP contribution in [0, 0.1) is 0 Å². The second kappa shape index (κ2) is 13.0. The van der Waals surface area contributed by atoms with Gasteiger partial charge in [0.1, 0.15) is 24.1 Å². The Bertz CT molecular complexity index is 2030. The zero-order valence-electron chi connectivity index (χ0n) is 25.9. The summed E-state index contributed by atoms with van der Waals surface area (Å²) in [5, 5.41) is 0. The van der Waals surface area contributed by atoms with Gasteiger partial charge in [0.15, 0.2) is 27.8 Å². The topological polar surface area (TPSA) is 116 Å². The number of esters is 1. The quantitative estimate of drug-likeness (QED) is 0.235. The molecule has 12 heteroatoms. The number of allylic oxidation sites excluding steroid dienone is 1. The van der Waals surface area contributed by atoms with Gasteiger partial charge in [0.2, 0.25) is 6.79 Å². The second-order valence-electron chi connectivity index (χ2n) is 10.3. The molecular weight excluding hydrogens is 612 g/mol. The van der Waals surface area contributed by atoms with E-state index in [0.29, 0.717) is 61.7 Å². The van der Waals surface area contributed by atoms with Crippen LogP contribution in [-0.4, -0.2) is 45.3 Å². The molecule has 0 unspecified atom stereocenters. The van der Waals surface area contributed by atoms with E-state index in [1.165, 1.54) is 23.0 Å². The fraction of sp³-hybridized carbons (Fsp3) is 0.265. The molecular formula is C34H32N2O9S. The number of hydrogen-bond acceptors (Lipinski definition) is 11. The smallest absolute Gasteiger partial charge is 0.338 e. The average Bonchev–Trinajstić information content (AvgIpc) is 3.66. The summed E-state index contributed by atoms with van der Waals surface area (Å²) in [6.45, 7) is 4.12. The molecule has 4 aromatic rings. The summed E-state index contributed by atoms with van der Waals surface area (Å²) in [6.07, 6.45) is 1.76. The Balaban J connectivity index is 1.38. The maximum absolute atomic E-state index is 14.1. The van der Waals surface area contributed by atoms with Crippen LogP contribution in [0.4, 0.5) is 0 Å². The maximum atomic E-state index is 14.1. The van der Waals surface area contributed by atoms with Gasteiger partial charge in [-0.1, -0.05) is 23.5 Å². The predicted octanol–water partition coefficient (Wildman–Crippen LogP) is 4.13. The zero-order chi connectivity index (χ0) is 32.4. The van der Waals surface area contributed by atoms with Gasteiger partial charge >= 0.3 is 5.97 Å². The van der Waals surface area contributed by atoms with Gasteiger partial charge in [0.25, 0.3) is 5.56 Å². The number of rotatable bonds is 10. The van der Waals surface area contributed by atoms with Crippen LogP contribution in [0.5, 0.6) is 34.5 Å². The third-order valence-electron chi connectivity index (χ3n) is 7.57. The van der Waals surface area contributed by atoms with E-state index in [-0.39, 0.29) is 24.5 Å². The average molecular weight is 645 g/mol. The molecule has 0 bridgehead atoms. The van der Waals surface area contributed by atoms with Crippen LogP contribution in [0.15, 0.2) is 75.7 Å². The SMILES string of the molecule is CCOC(=O)C1=C(C)N=c2sc(=Cc3ccc(OCc4ccc5c(c4)OCO5)c(OC)c3)c(=O)n2[C@@H]1c1cc(OC)ccc1OC. The first-order chi connectivity index (χ1) is 22.3. The molecule has 3 heterocycles. The van der Waals surface area contributed by atoms with Crippen molar-refractivity contribution in [3.05, 3.63) is 102 Å². The molecule has 0 aliphatic carbocycles. The fourth-order valence-corrected chi connectivity index (χ4v) is 6.42. The van der Waals surface area contributed by atoms with Gasteiger partial charge in [-0.2, -0.15) is 0 Å². The van der Waals surface area contributed by atoms with Crippen LogP contribution in [0.1, 0.15) is 36.6 Å². The Kier molecular flexibility index (Phi) is 8.71. The lowest BCUT2D eigenvalue weighted by Gasteiger charge is -2.26. The standard InChI is InChI=1S/C34H32N2O9S/c1-6-42-33(38)30-19(2)35-34-36(31(30)23-16-22(39-3)9-12-24(23)40-4)32(37)29(46-34)15-20-7-10-25(27(13-20)41-5)43-17-21-8-11-26-28(14-21)45-18-44-26/h7-16,31H,6,17-18H2,1-5H3/t31-/m1/s1.